The van der Waals surface area contributed by atoms with Crippen LogP contribution in [0.2, 0.25) is 0 Å². The molecule has 27 heavy (non-hydrogen) atoms. The molecule has 4 aromatic heterocycles. The van der Waals surface area contributed by atoms with Gasteiger partial charge in [-0.15, -0.1) is 10.2 Å². The summed E-state index contributed by atoms with van der Waals surface area (Å²) in [5.74, 6) is -1.15. The number of nitrogens with zero attached hydrogens (tertiary/aromatic N) is 5. The van der Waals surface area contributed by atoms with E-state index in [1.54, 1.807) is 16.7 Å². The van der Waals surface area contributed by atoms with Gasteiger partial charge in [0.1, 0.15) is 5.82 Å². The Morgan fingerprint density at radius 2 is 2.00 bits per heavy atom. The van der Waals surface area contributed by atoms with Gasteiger partial charge in [0.05, 0.1) is 0 Å². The van der Waals surface area contributed by atoms with Crippen molar-refractivity contribution >= 4 is 5.65 Å². The van der Waals surface area contributed by atoms with Crippen molar-refractivity contribution in [2.24, 2.45) is 0 Å². The van der Waals surface area contributed by atoms with E-state index in [0.717, 1.165) is 0 Å². The number of hydrogen-bond donors (Lipinski definition) is 1. The molecule has 0 amide bonds. The first kappa shape index (κ1) is 16.9. The van der Waals surface area contributed by atoms with Crippen LogP contribution in [-0.2, 0) is 19.0 Å². The van der Waals surface area contributed by atoms with E-state index in [-0.39, 0.29) is 23.4 Å². The van der Waals surface area contributed by atoms with Gasteiger partial charge in [0, 0.05) is 29.9 Å². The van der Waals surface area contributed by atoms with Gasteiger partial charge in [0.15, 0.2) is 5.65 Å². The Balaban J connectivity index is 1.67. The number of fused-ring (bicyclic) bond motifs is 1. The number of alkyl halides is 3. The Hall–Kier alpha value is -3.50. The summed E-state index contributed by atoms with van der Waals surface area (Å²) < 4.78 is 44.1. The quantitative estimate of drug-likeness (QED) is 0.586. The van der Waals surface area contributed by atoms with Crippen LogP contribution in [0, 0.1) is 0 Å². The summed E-state index contributed by atoms with van der Waals surface area (Å²) in [4.78, 5) is 18.1. The largest absolute Gasteiger partial charge is 0.471 e. The standard InChI is InChI=1S/C16H11F3N6O2/c17-16(18,19)15-21-13(24-27-15)9-6-7-20-14(26)10(9)4-5-12-23-22-11-3-1-2-8-25(11)12/h1-3,6-8H,4-5H2,(H,20,26). The van der Waals surface area contributed by atoms with E-state index in [0.29, 0.717) is 17.9 Å². The maximum atomic E-state index is 12.7. The van der Waals surface area contributed by atoms with Gasteiger partial charge < -0.3 is 9.51 Å². The first-order valence-corrected chi connectivity index (χ1v) is 7.84. The molecule has 0 bridgehead atoms. The van der Waals surface area contributed by atoms with Crippen molar-refractivity contribution in [2.45, 2.75) is 19.0 Å². The van der Waals surface area contributed by atoms with Crippen molar-refractivity contribution in [3.05, 3.63) is 64.3 Å². The first-order valence-electron chi connectivity index (χ1n) is 7.84. The highest BCUT2D eigenvalue weighted by Gasteiger charge is 2.38. The van der Waals surface area contributed by atoms with Crippen LogP contribution in [0.15, 0.2) is 46.0 Å². The van der Waals surface area contributed by atoms with Crippen LogP contribution in [0.25, 0.3) is 17.0 Å². The molecule has 0 saturated heterocycles. The molecule has 4 rings (SSSR count). The number of halogens is 3. The third kappa shape index (κ3) is 3.18. The normalized spacial score (nSPS) is 12.0. The van der Waals surface area contributed by atoms with Crippen molar-refractivity contribution < 1.29 is 17.7 Å². The second kappa shape index (κ2) is 6.34. The summed E-state index contributed by atoms with van der Waals surface area (Å²) in [6.07, 6.45) is -1.10. The molecule has 0 aliphatic rings. The van der Waals surface area contributed by atoms with E-state index in [1.165, 1.54) is 12.3 Å². The highest BCUT2D eigenvalue weighted by atomic mass is 19.4. The maximum absolute atomic E-state index is 12.7. The first-order chi connectivity index (χ1) is 12.9. The number of aromatic nitrogens is 6. The monoisotopic (exact) mass is 376 g/mol. The molecule has 11 heteroatoms. The molecule has 138 valence electrons. The van der Waals surface area contributed by atoms with Crippen molar-refractivity contribution in [1.29, 1.82) is 0 Å². The number of pyridine rings is 2. The number of H-pyrrole nitrogens is 1. The van der Waals surface area contributed by atoms with Crippen LogP contribution in [0.1, 0.15) is 17.3 Å². The van der Waals surface area contributed by atoms with Crippen LogP contribution in [0.3, 0.4) is 0 Å². The lowest BCUT2D eigenvalue weighted by Gasteiger charge is -2.05. The Morgan fingerprint density at radius 3 is 2.78 bits per heavy atom. The van der Waals surface area contributed by atoms with Crippen LogP contribution < -0.4 is 5.56 Å². The van der Waals surface area contributed by atoms with Gasteiger partial charge in [-0.3, -0.25) is 9.20 Å². The molecule has 0 radical (unpaired) electrons. The Bertz CT molecular complexity index is 1160. The zero-order valence-electron chi connectivity index (χ0n) is 13.6. The molecule has 0 spiro atoms. The number of aryl methyl sites for hydroxylation is 1. The van der Waals surface area contributed by atoms with Gasteiger partial charge in [-0.25, -0.2) is 0 Å². The fourth-order valence-corrected chi connectivity index (χ4v) is 2.71. The van der Waals surface area contributed by atoms with E-state index >= 15 is 0 Å². The number of aromatic amines is 1. The minimum absolute atomic E-state index is 0.173. The van der Waals surface area contributed by atoms with E-state index in [4.69, 9.17) is 0 Å². The van der Waals surface area contributed by atoms with Gasteiger partial charge in [-0.2, -0.15) is 18.2 Å². The van der Waals surface area contributed by atoms with Crippen molar-refractivity contribution in [2.75, 3.05) is 0 Å². The maximum Gasteiger partial charge on any atom is 0.471 e. The molecule has 0 atom stereocenters. The average Bonchev–Trinajstić information content (AvgIpc) is 3.28. The van der Waals surface area contributed by atoms with Crippen LogP contribution >= 0.6 is 0 Å². The number of hydrogen-bond acceptors (Lipinski definition) is 6. The van der Waals surface area contributed by atoms with Crippen LogP contribution in [0.4, 0.5) is 13.2 Å². The molecule has 0 saturated carbocycles. The molecular weight excluding hydrogens is 365 g/mol. The lowest BCUT2D eigenvalue weighted by molar-refractivity contribution is -0.159. The number of nitrogens with one attached hydrogen (secondary N) is 1. The summed E-state index contributed by atoms with van der Waals surface area (Å²) in [5.41, 5.74) is 0.619. The third-order valence-electron chi connectivity index (χ3n) is 3.96. The molecule has 1 N–H and O–H groups in total. The van der Waals surface area contributed by atoms with Crippen molar-refractivity contribution in [1.82, 2.24) is 29.7 Å². The fraction of sp³-hybridized carbons (Fsp3) is 0.188. The molecule has 4 aromatic rings. The zero-order chi connectivity index (χ0) is 19.0. The third-order valence-corrected chi connectivity index (χ3v) is 3.96. The highest BCUT2D eigenvalue weighted by Crippen LogP contribution is 2.29. The molecule has 0 aliphatic carbocycles. The van der Waals surface area contributed by atoms with Crippen LogP contribution in [0.5, 0.6) is 0 Å². The molecule has 0 fully saturated rings. The summed E-state index contributed by atoms with van der Waals surface area (Å²) in [6.45, 7) is 0. The average molecular weight is 376 g/mol. The van der Waals surface area contributed by atoms with Crippen molar-refractivity contribution in [3.63, 3.8) is 0 Å². The lowest BCUT2D eigenvalue weighted by atomic mass is 10.0. The minimum Gasteiger partial charge on any atom is -0.329 e. The smallest absolute Gasteiger partial charge is 0.329 e. The fourth-order valence-electron chi connectivity index (χ4n) is 2.71. The predicted octanol–water partition coefficient (Wildman–Crippen LogP) is 2.27. The second-order valence-electron chi connectivity index (χ2n) is 5.66. The van der Waals surface area contributed by atoms with E-state index in [2.05, 4.69) is 29.8 Å². The van der Waals surface area contributed by atoms with E-state index < -0.39 is 17.6 Å². The summed E-state index contributed by atoms with van der Waals surface area (Å²) in [5, 5.41) is 11.5. The Kier molecular flexibility index (Phi) is 3.98. The predicted molar refractivity (Wildman–Crippen MR) is 85.8 cm³/mol. The van der Waals surface area contributed by atoms with Gasteiger partial charge in [0.2, 0.25) is 5.82 Å². The molecular formula is C16H11F3N6O2. The Morgan fingerprint density at radius 1 is 1.15 bits per heavy atom. The summed E-state index contributed by atoms with van der Waals surface area (Å²) in [7, 11) is 0. The minimum atomic E-state index is -4.76. The Labute approximate surface area is 148 Å². The topological polar surface area (TPSA) is 102 Å². The van der Waals surface area contributed by atoms with E-state index in [1.807, 2.05) is 12.1 Å². The molecule has 4 heterocycles. The molecule has 0 aromatic carbocycles. The van der Waals surface area contributed by atoms with Gasteiger partial charge in [0.25, 0.3) is 5.56 Å². The van der Waals surface area contributed by atoms with Crippen LogP contribution in [-0.4, -0.2) is 29.7 Å². The number of rotatable bonds is 4. The SMILES string of the molecule is O=c1[nH]ccc(-c2noc(C(F)(F)F)n2)c1CCc1nnc2ccccn12. The highest BCUT2D eigenvalue weighted by molar-refractivity contribution is 5.58. The van der Waals surface area contributed by atoms with E-state index in [9.17, 15) is 18.0 Å². The van der Waals surface area contributed by atoms with Gasteiger partial charge in [-0.05, 0) is 24.6 Å². The molecule has 0 unspecified atom stereocenters. The molecule has 8 nitrogen and oxygen atoms in total. The zero-order valence-corrected chi connectivity index (χ0v) is 13.6. The van der Waals surface area contributed by atoms with Gasteiger partial charge in [-0.1, -0.05) is 11.2 Å². The summed E-state index contributed by atoms with van der Waals surface area (Å²) >= 11 is 0. The second-order valence-corrected chi connectivity index (χ2v) is 5.66. The molecule has 0 aliphatic heterocycles. The van der Waals surface area contributed by atoms with Gasteiger partial charge >= 0.3 is 12.1 Å². The summed E-state index contributed by atoms with van der Waals surface area (Å²) in [6, 6.07) is 6.86. The van der Waals surface area contributed by atoms with Crippen molar-refractivity contribution in [3.8, 4) is 11.4 Å². The lowest BCUT2D eigenvalue weighted by Crippen LogP contribution is -2.15.